The van der Waals surface area contributed by atoms with E-state index in [-0.39, 0.29) is 5.91 Å². The van der Waals surface area contributed by atoms with Crippen molar-refractivity contribution in [2.45, 2.75) is 12.8 Å². The molecule has 0 bridgehead atoms. The smallest absolute Gasteiger partial charge is 0.260 e. The molecule has 1 aliphatic heterocycles. The Morgan fingerprint density at radius 3 is 2.67 bits per heavy atom. The van der Waals surface area contributed by atoms with E-state index in [1.54, 1.807) is 24.3 Å². The minimum Gasteiger partial charge on any atom is -0.496 e. The van der Waals surface area contributed by atoms with Crippen LogP contribution in [-0.4, -0.2) is 29.8 Å². The number of para-hydroxylation sites is 2. The largest absolute Gasteiger partial charge is 0.496 e. The lowest BCUT2D eigenvalue weighted by Crippen LogP contribution is -2.25. The van der Waals surface area contributed by atoms with Gasteiger partial charge >= 0.3 is 0 Å². The maximum Gasteiger partial charge on any atom is 0.260 e. The SMILES string of the molecule is COc1ccccc1C(=O)Nc1ccc(N2CCCc3ccccc32)nn1. The van der Waals surface area contributed by atoms with Crippen molar-refractivity contribution in [2.75, 3.05) is 23.9 Å². The number of hydrogen-bond acceptors (Lipinski definition) is 5. The van der Waals surface area contributed by atoms with Crippen LogP contribution in [0.5, 0.6) is 5.75 Å². The maximum absolute atomic E-state index is 12.5. The number of hydrogen-bond donors (Lipinski definition) is 1. The Balaban J connectivity index is 1.53. The molecule has 0 spiro atoms. The molecule has 0 saturated carbocycles. The topological polar surface area (TPSA) is 67.3 Å². The molecule has 0 atom stereocenters. The number of carbonyl (C=O) groups excluding carboxylic acids is 1. The Labute approximate surface area is 157 Å². The number of anilines is 3. The average molecular weight is 360 g/mol. The van der Waals surface area contributed by atoms with Crippen LogP contribution in [0.2, 0.25) is 0 Å². The molecule has 1 aromatic heterocycles. The molecule has 4 rings (SSSR count). The normalized spacial score (nSPS) is 13.0. The number of amides is 1. The first-order chi connectivity index (χ1) is 13.3. The standard InChI is InChI=1S/C21H20N4O2/c1-27-18-11-5-3-9-16(18)21(26)22-19-12-13-20(24-23-19)25-14-6-8-15-7-2-4-10-17(15)25/h2-5,7,9-13H,6,8,14H2,1H3,(H,22,23,26). The lowest BCUT2D eigenvalue weighted by molar-refractivity contribution is 0.102. The molecular weight excluding hydrogens is 340 g/mol. The third kappa shape index (κ3) is 3.46. The molecule has 0 radical (unpaired) electrons. The fourth-order valence-electron chi connectivity index (χ4n) is 3.32. The molecule has 136 valence electrons. The van der Waals surface area contributed by atoms with Crippen molar-refractivity contribution in [2.24, 2.45) is 0 Å². The van der Waals surface area contributed by atoms with Crippen LogP contribution in [0.4, 0.5) is 17.3 Å². The van der Waals surface area contributed by atoms with E-state index in [1.807, 2.05) is 18.2 Å². The fourth-order valence-corrected chi connectivity index (χ4v) is 3.32. The van der Waals surface area contributed by atoms with Crippen molar-refractivity contribution in [3.8, 4) is 5.75 Å². The van der Waals surface area contributed by atoms with Gasteiger partial charge in [0, 0.05) is 12.2 Å². The van der Waals surface area contributed by atoms with Gasteiger partial charge in [-0.2, -0.15) is 0 Å². The van der Waals surface area contributed by atoms with Crippen LogP contribution in [0.15, 0.2) is 60.7 Å². The number of nitrogens with zero attached hydrogens (tertiary/aromatic N) is 3. The predicted molar refractivity (Wildman–Crippen MR) is 105 cm³/mol. The van der Waals surface area contributed by atoms with E-state index in [1.165, 1.54) is 18.4 Å². The van der Waals surface area contributed by atoms with Gasteiger partial charge in [-0.1, -0.05) is 30.3 Å². The summed E-state index contributed by atoms with van der Waals surface area (Å²) in [7, 11) is 1.54. The lowest BCUT2D eigenvalue weighted by atomic mass is 10.0. The number of benzene rings is 2. The molecule has 27 heavy (non-hydrogen) atoms. The molecule has 1 aliphatic rings. The second-order valence-electron chi connectivity index (χ2n) is 6.32. The quantitative estimate of drug-likeness (QED) is 0.766. The van der Waals surface area contributed by atoms with E-state index in [9.17, 15) is 4.79 Å². The second-order valence-corrected chi connectivity index (χ2v) is 6.32. The highest BCUT2D eigenvalue weighted by atomic mass is 16.5. The zero-order valence-electron chi connectivity index (χ0n) is 15.1. The summed E-state index contributed by atoms with van der Waals surface area (Å²) in [4.78, 5) is 14.6. The Morgan fingerprint density at radius 2 is 1.85 bits per heavy atom. The van der Waals surface area contributed by atoms with Crippen molar-refractivity contribution in [3.63, 3.8) is 0 Å². The Morgan fingerprint density at radius 1 is 1.04 bits per heavy atom. The van der Waals surface area contributed by atoms with Gasteiger partial charge in [0.05, 0.1) is 12.7 Å². The lowest BCUT2D eigenvalue weighted by Gasteiger charge is -2.29. The van der Waals surface area contributed by atoms with Crippen molar-refractivity contribution in [1.29, 1.82) is 0 Å². The number of aryl methyl sites for hydroxylation is 1. The summed E-state index contributed by atoms with van der Waals surface area (Å²) in [5.41, 5.74) is 2.94. The second kappa shape index (κ2) is 7.45. The first-order valence-corrected chi connectivity index (χ1v) is 8.90. The Bertz CT molecular complexity index is 956. The van der Waals surface area contributed by atoms with Crippen LogP contribution in [0, 0.1) is 0 Å². The van der Waals surface area contributed by atoms with E-state index < -0.39 is 0 Å². The highest BCUT2D eigenvalue weighted by Crippen LogP contribution is 2.32. The van der Waals surface area contributed by atoms with Gasteiger partial charge < -0.3 is 15.0 Å². The summed E-state index contributed by atoms with van der Waals surface area (Å²) in [5, 5.41) is 11.3. The van der Waals surface area contributed by atoms with Crippen LogP contribution in [0.3, 0.4) is 0 Å². The molecule has 2 aromatic carbocycles. The van der Waals surface area contributed by atoms with Crippen LogP contribution >= 0.6 is 0 Å². The molecule has 1 amide bonds. The average Bonchev–Trinajstić information content (AvgIpc) is 2.74. The number of carbonyl (C=O) groups is 1. The monoisotopic (exact) mass is 360 g/mol. The highest BCUT2D eigenvalue weighted by molar-refractivity contribution is 6.05. The predicted octanol–water partition coefficient (Wildman–Crippen LogP) is 3.82. The van der Waals surface area contributed by atoms with Crippen LogP contribution in [0.1, 0.15) is 22.3 Å². The van der Waals surface area contributed by atoms with Crippen LogP contribution < -0.4 is 15.0 Å². The number of methoxy groups -OCH3 is 1. The third-order valence-electron chi connectivity index (χ3n) is 4.63. The maximum atomic E-state index is 12.5. The van der Waals surface area contributed by atoms with Gasteiger partial charge in [0.1, 0.15) is 5.75 Å². The molecule has 6 heteroatoms. The number of nitrogens with one attached hydrogen (secondary N) is 1. The summed E-state index contributed by atoms with van der Waals surface area (Å²) in [6, 6.07) is 19.1. The molecule has 0 aliphatic carbocycles. The Kier molecular flexibility index (Phi) is 4.70. The van der Waals surface area contributed by atoms with E-state index in [0.29, 0.717) is 17.1 Å². The minimum absolute atomic E-state index is 0.280. The first-order valence-electron chi connectivity index (χ1n) is 8.90. The van der Waals surface area contributed by atoms with Gasteiger partial charge in [-0.05, 0) is 48.7 Å². The van der Waals surface area contributed by atoms with E-state index in [0.717, 1.165) is 25.2 Å². The molecule has 0 saturated heterocycles. The molecule has 6 nitrogen and oxygen atoms in total. The van der Waals surface area contributed by atoms with Crippen molar-refractivity contribution >= 4 is 23.2 Å². The van der Waals surface area contributed by atoms with Gasteiger partial charge in [0.2, 0.25) is 0 Å². The molecule has 2 heterocycles. The molecular formula is C21H20N4O2. The van der Waals surface area contributed by atoms with Gasteiger partial charge in [-0.15, -0.1) is 10.2 Å². The van der Waals surface area contributed by atoms with Crippen LogP contribution in [0.25, 0.3) is 0 Å². The fraction of sp³-hybridized carbons (Fsp3) is 0.190. The number of aromatic nitrogens is 2. The Hall–Kier alpha value is -3.41. The van der Waals surface area contributed by atoms with Crippen molar-refractivity contribution in [3.05, 3.63) is 71.8 Å². The number of ether oxygens (including phenoxy) is 1. The zero-order chi connectivity index (χ0) is 18.6. The van der Waals surface area contributed by atoms with Gasteiger partial charge in [0.15, 0.2) is 11.6 Å². The number of fused-ring (bicyclic) bond motifs is 1. The van der Waals surface area contributed by atoms with Gasteiger partial charge in [-0.3, -0.25) is 4.79 Å². The zero-order valence-corrected chi connectivity index (χ0v) is 15.1. The van der Waals surface area contributed by atoms with Crippen LogP contribution in [-0.2, 0) is 6.42 Å². The number of rotatable bonds is 4. The van der Waals surface area contributed by atoms with E-state index >= 15 is 0 Å². The first kappa shape index (κ1) is 17.0. The summed E-state index contributed by atoms with van der Waals surface area (Å²) in [5.74, 6) is 1.42. The molecule has 1 N–H and O–H groups in total. The minimum atomic E-state index is -0.280. The summed E-state index contributed by atoms with van der Waals surface area (Å²) in [6.07, 6.45) is 2.15. The van der Waals surface area contributed by atoms with Crippen molar-refractivity contribution < 1.29 is 9.53 Å². The van der Waals surface area contributed by atoms with E-state index in [2.05, 4.69) is 38.6 Å². The summed E-state index contributed by atoms with van der Waals surface area (Å²) < 4.78 is 5.23. The molecule has 3 aromatic rings. The highest BCUT2D eigenvalue weighted by Gasteiger charge is 2.19. The summed E-state index contributed by atoms with van der Waals surface area (Å²) >= 11 is 0. The molecule has 0 fully saturated rings. The van der Waals surface area contributed by atoms with Crippen molar-refractivity contribution in [1.82, 2.24) is 10.2 Å². The van der Waals surface area contributed by atoms with Gasteiger partial charge in [0.25, 0.3) is 5.91 Å². The van der Waals surface area contributed by atoms with E-state index in [4.69, 9.17) is 4.74 Å². The van der Waals surface area contributed by atoms with Gasteiger partial charge in [-0.25, -0.2) is 0 Å². The molecule has 0 unspecified atom stereocenters. The third-order valence-corrected chi connectivity index (χ3v) is 4.63. The summed E-state index contributed by atoms with van der Waals surface area (Å²) in [6.45, 7) is 0.901.